The van der Waals surface area contributed by atoms with Crippen molar-refractivity contribution in [2.75, 3.05) is 40.3 Å². The van der Waals surface area contributed by atoms with Gasteiger partial charge in [0.05, 0.1) is 17.5 Å². The Labute approximate surface area is 154 Å². The van der Waals surface area contributed by atoms with Gasteiger partial charge in [0.25, 0.3) is 10.2 Å². The molecule has 1 unspecified atom stereocenters. The Bertz CT molecular complexity index is 696. The van der Waals surface area contributed by atoms with Gasteiger partial charge in [-0.1, -0.05) is 23.7 Å². The van der Waals surface area contributed by atoms with Crippen molar-refractivity contribution in [1.82, 2.24) is 13.9 Å². The lowest BCUT2D eigenvalue weighted by atomic mass is 9.99. The smallest absolute Gasteiger partial charge is 0.281 e. The average molecular weight is 390 g/mol. The van der Waals surface area contributed by atoms with Crippen LogP contribution in [-0.2, 0) is 15.0 Å². The normalized spacial score (nSPS) is 19.0. The van der Waals surface area contributed by atoms with E-state index in [4.69, 9.17) is 16.3 Å². The summed E-state index contributed by atoms with van der Waals surface area (Å²) >= 11 is 5.99. The number of halogens is 1. The lowest BCUT2D eigenvalue weighted by molar-refractivity contribution is -0.126. The van der Waals surface area contributed by atoms with Crippen molar-refractivity contribution < 1.29 is 17.9 Å². The Kier molecular flexibility index (Phi) is 7.06. The molecule has 9 heteroatoms. The number of benzene rings is 1. The van der Waals surface area contributed by atoms with Gasteiger partial charge in [-0.25, -0.2) is 0 Å². The van der Waals surface area contributed by atoms with Gasteiger partial charge in [-0.3, -0.25) is 4.79 Å². The second kappa shape index (κ2) is 8.84. The van der Waals surface area contributed by atoms with E-state index in [1.165, 1.54) is 22.7 Å². The highest BCUT2D eigenvalue weighted by Crippen LogP contribution is 2.23. The second-order valence-corrected chi connectivity index (χ2v) is 8.61. The van der Waals surface area contributed by atoms with Gasteiger partial charge in [0.1, 0.15) is 12.4 Å². The monoisotopic (exact) mass is 389 g/mol. The number of nitrogens with one attached hydrogen (secondary N) is 1. The van der Waals surface area contributed by atoms with Gasteiger partial charge in [-0.2, -0.15) is 17.0 Å². The third kappa shape index (κ3) is 5.31. The zero-order valence-corrected chi connectivity index (χ0v) is 16.0. The number of piperidine rings is 1. The van der Waals surface area contributed by atoms with Gasteiger partial charge in [0.15, 0.2) is 0 Å². The molecule has 25 heavy (non-hydrogen) atoms. The van der Waals surface area contributed by atoms with Crippen LogP contribution in [0.25, 0.3) is 0 Å². The molecule has 1 fully saturated rings. The summed E-state index contributed by atoms with van der Waals surface area (Å²) in [4.78, 5) is 12.3. The topological polar surface area (TPSA) is 79.0 Å². The second-order valence-electron chi connectivity index (χ2n) is 6.06. The predicted octanol–water partition coefficient (Wildman–Crippen LogP) is 1.35. The van der Waals surface area contributed by atoms with Crippen molar-refractivity contribution in [2.45, 2.75) is 12.8 Å². The van der Waals surface area contributed by atoms with E-state index in [-0.39, 0.29) is 18.4 Å². The number of hydrogen-bond donors (Lipinski definition) is 1. The highest BCUT2D eigenvalue weighted by atomic mass is 35.5. The van der Waals surface area contributed by atoms with Crippen molar-refractivity contribution in [3.63, 3.8) is 0 Å². The largest absolute Gasteiger partial charge is 0.490 e. The minimum atomic E-state index is -3.49. The van der Waals surface area contributed by atoms with Crippen molar-refractivity contribution >= 4 is 27.7 Å². The van der Waals surface area contributed by atoms with Gasteiger partial charge in [0.2, 0.25) is 5.91 Å². The Morgan fingerprint density at radius 1 is 1.40 bits per heavy atom. The van der Waals surface area contributed by atoms with Crippen LogP contribution >= 0.6 is 11.6 Å². The molecule has 7 nitrogen and oxygen atoms in total. The van der Waals surface area contributed by atoms with Gasteiger partial charge >= 0.3 is 0 Å². The summed E-state index contributed by atoms with van der Waals surface area (Å²) < 4.78 is 32.4. The summed E-state index contributed by atoms with van der Waals surface area (Å²) in [6.07, 6.45) is 1.35. The summed E-state index contributed by atoms with van der Waals surface area (Å²) in [6.45, 7) is 1.28. The van der Waals surface area contributed by atoms with E-state index < -0.39 is 10.2 Å². The molecule has 0 aromatic heterocycles. The molecule has 1 amide bonds. The van der Waals surface area contributed by atoms with E-state index in [1.807, 2.05) is 12.1 Å². The molecule has 0 bridgehead atoms. The number of carbonyl (C=O) groups excluding carboxylic acids is 1. The molecule has 1 aromatic rings. The number of para-hydroxylation sites is 1. The summed E-state index contributed by atoms with van der Waals surface area (Å²) in [5.74, 6) is 0.0736. The molecule has 1 aliphatic rings. The minimum Gasteiger partial charge on any atom is -0.490 e. The first kappa shape index (κ1) is 20.0. The number of ether oxygens (including phenoxy) is 1. The molecule has 1 saturated heterocycles. The number of nitrogens with zero attached hydrogens (tertiary/aromatic N) is 2. The minimum absolute atomic E-state index is 0.151. The van der Waals surface area contributed by atoms with Crippen molar-refractivity contribution in [3.05, 3.63) is 29.3 Å². The third-order valence-corrected chi connectivity index (χ3v) is 6.26. The maximum atomic E-state index is 12.3. The Hall–Kier alpha value is -1.35. The lowest BCUT2D eigenvalue weighted by Crippen LogP contribution is -2.49. The number of carbonyl (C=O) groups is 1. The van der Waals surface area contributed by atoms with Crippen LogP contribution in [0.5, 0.6) is 5.75 Å². The molecule has 0 aliphatic carbocycles. The zero-order valence-electron chi connectivity index (χ0n) is 14.4. The van der Waals surface area contributed by atoms with Crippen molar-refractivity contribution in [1.29, 1.82) is 0 Å². The van der Waals surface area contributed by atoms with E-state index >= 15 is 0 Å². The third-order valence-electron chi connectivity index (χ3n) is 4.04. The molecular weight excluding hydrogens is 366 g/mol. The number of hydrogen-bond acceptors (Lipinski definition) is 4. The highest BCUT2D eigenvalue weighted by molar-refractivity contribution is 7.86. The molecule has 1 atom stereocenters. The molecular formula is C16H24ClN3O4S. The van der Waals surface area contributed by atoms with Gasteiger partial charge in [-0.05, 0) is 25.0 Å². The van der Waals surface area contributed by atoms with Gasteiger partial charge in [-0.15, -0.1) is 0 Å². The molecule has 0 saturated carbocycles. The van der Waals surface area contributed by atoms with Gasteiger partial charge in [0, 0.05) is 27.2 Å². The first-order chi connectivity index (χ1) is 11.8. The molecule has 1 heterocycles. The van der Waals surface area contributed by atoms with Gasteiger partial charge < -0.3 is 10.1 Å². The van der Waals surface area contributed by atoms with Crippen LogP contribution in [-0.4, -0.2) is 63.3 Å². The van der Waals surface area contributed by atoms with Crippen LogP contribution in [0.15, 0.2) is 24.3 Å². The number of amides is 1. The average Bonchev–Trinajstić information content (AvgIpc) is 2.60. The Morgan fingerprint density at radius 2 is 2.12 bits per heavy atom. The van der Waals surface area contributed by atoms with Crippen LogP contribution in [0.2, 0.25) is 5.02 Å². The molecule has 0 spiro atoms. The van der Waals surface area contributed by atoms with Crippen LogP contribution in [0.1, 0.15) is 12.8 Å². The van der Waals surface area contributed by atoms with Crippen LogP contribution in [0, 0.1) is 5.92 Å². The molecule has 0 radical (unpaired) electrons. The van der Waals surface area contributed by atoms with Crippen LogP contribution in [0.4, 0.5) is 0 Å². The lowest BCUT2D eigenvalue weighted by Gasteiger charge is -2.32. The summed E-state index contributed by atoms with van der Waals surface area (Å²) in [6, 6.07) is 7.13. The molecule has 1 aliphatic heterocycles. The fourth-order valence-corrected chi connectivity index (χ4v) is 4.02. The zero-order chi connectivity index (χ0) is 18.4. The van der Waals surface area contributed by atoms with E-state index in [1.54, 1.807) is 12.1 Å². The first-order valence-electron chi connectivity index (χ1n) is 8.15. The quantitative estimate of drug-likeness (QED) is 0.714. The Morgan fingerprint density at radius 3 is 2.80 bits per heavy atom. The standard InChI is InChI=1S/C16H24ClN3O4S/c1-19(2)25(22,23)20-10-5-6-13(12-20)16(21)18-9-11-24-15-8-4-3-7-14(15)17/h3-4,7-8,13H,5-6,9-12H2,1-2H3,(H,18,21). The summed E-state index contributed by atoms with van der Waals surface area (Å²) in [5.41, 5.74) is 0. The fourth-order valence-electron chi connectivity index (χ4n) is 2.64. The van der Waals surface area contributed by atoms with Crippen molar-refractivity contribution in [3.8, 4) is 5.75 Å². The maximum Gasteiger partial charge on any atom is 0.281 e. The SMILES string of the molecule is CN(C)S(=O)(=O)N1CCCC(C(=O)NCCOc2ccccc2Cl)C1. The number of rotatable bonds is 7. The highest BCUT2D eigenvalue weighted by Gasteiger charge is 2.33. The van der Waals surface area contributed by atoms with E-state index in [0.29, 0.717) is 43.3 Å². The van der Waals surface area contributed by atoms with Crippen LogP contribution in [0.3, 0.4) is 0 Å². The fraction of sp³-hybridized carbons (Fsp3) is 0.562. The first-order valence-corrected chi connectivity index (χ1v) is 9.92. The van der Waals surface area contributed by atoms with E-state index in [9.17, 15) is 13.2 Å². The van der Waals surface area contributed by atoms with E-state index in [0.717, 1.165) is 0 Å². The Balaban J connectivity index is 1.80. The molecule has 2 rings (SSSR count). The summed E-state index contributed by atoms with van der Waals surface area (Å²) in [7, 11) is -0.503. The van der Waals surface area contributed by atoms with E-state index in [2.05, 4.69) is 5.32 Å². The molecule has 1 aromatic carbocycles. The van der Waals surface area contributed by atoms with Crippen molar-refractivity contribution in [2.24, 2.45) is 5.92 Å². The maximum absolute atomic E-state index is 12.3. The summed E-state index contributed by atoms with van der Waals surface area (Å²) in [5, 5.41) is 3.32. The molecule has 140 valence electrons. The molecule has 1 N–H and O–H groups in total. The van der Waals surface area contributed by atoms with Crippen LogP contribution < -0.4 is 10.1 Å². The predicted molar refractivity (Wildman–Crippen MR) is 96.9 cm³/mol.